The van der Waals surface area contributed by atoms with E-state index in [2.05, 4.69) is 6.92 Å². The lowest BCUT2D eigenvalue weighted by Crippen LogP contribution is -2.28. The maximum atomic E-state index is 11.1. The largest absolute Gasteiger partial charge is 0.229 e. The number of rotatable bonds is 2. The molecule has 0 unspecified atom stereocenters. The zero-order valence-electron chi connectivity index (χ0n) is 7.97. The Morgan fingerprint density at radius 3 is 2.08 bits per heavy atom. The smallest absolute Gasteiger partial charge is 0.147 e. The molecule has 12 heavy (non-hydrogen) atoms. The first kappa shape index (κ1) is 10.0. The first-order valence-corrected chi connectivity index (χ1v) is 6.65. The summed E-state index contributed by atoms with van der Waals surface area (Å²) in [4.78, 5) is 0. The van der Waals surface area contributed by atoms with Crippen LogP contribution in [0, 0.1) is 5.41 Å². The van der Waals surface area contributed by atoms with E-state index in [1.165, 1.54) is 25.5 Å². The van der Waals surface area contributed by atoms with Crippen molar-refractivity contribution in [2.24, 2.45) is 5.41 Å². The zero-order valence-corrected chi connectivity index (χ0v) is 8.78. The molecule has 0 aromatic carbocycles. The van der Waals surface area contributed by atoms with Crippen molar-refractivity contribution in [3.05, 3.63) is 0 Å². The summed E-state index contributed by atoms with van der Waals surface area (Å²) in [6.45, 7) is 2.10. The molecule has 0 spiro atoms. The van der Waals surface area contributed by atoms with Crippen molar-refractivity contribution in [3.63, 3.8) is 0 Å². The van der Waals surface area contributed by atoms with Crippen LogP contribution < -0.4 is 0 Å². The molecule has 0 atom stereocenters. The Hall–Kier alpha value is -0.0500. The van der Waals surface area contributed by atoms with Gasteiger partial charge < -0.3 is 0 Å². The Kier molecular flexibility index (Phi) is 2.81. The second-order valence-electron chi connectivity index (χ2n) is 4.44. The monoisotopic (exact) mass is 190 g/mol. The highest BCUT2D eigenvalue weighted by Crippen LogP contribution is 2.36. The van der Waals surface area contributed by atoms with Crippen LogP contribution in [0.4, 0.5) is 0 Å². The lowest BCUT2D eigenvalue weighted by molar-refractivity contribution is 0.247. The Balaban J connectivity index is 2.59. The van der Waals surface area contributed by atoms with E-state index in [-0.39, 0.29) is 5.41 Å². The fourth-order valence-corrected chi connectivity index (χ4v) is 3.74. The van der Waals surface area contributed by atoms with E-state index in [9.17, 15) is 8.42 Å². The van der Waals surface area contributed by atoms with Gasteiger partial charge in [0.05, 0.1) is 5.75 Å². The molecule has 0 heterocycles. The summed E-state index contributed by atoms with van der Waals surface area (Å²) >= 11 is 0. The summed E-state index contributed by atoms with van der Waals surface area (Å²) in [5.74, 6) is 0.375. The first-order valence-electron chi connectivity index (χ1n) is 4.59. The average molecular weight is 190 g/mol. The minimum Gasteiger partial charge on any atom is -0.229 e. The third-order valence-corrected chi connectivity index (χ3v) is 3.89. The summed E-state index contributed by atoms with van der Waals surface area (Å²) in [6, 6.07) is 0. The standard InChI is InChI=1S/C9H18O2S/c1-9(8-12(2,10)11)6-4-3-5-7-9/h3-8H2,1-2H3. The normalized spacial score (nSPS) is 23.8. The van der Waals surface area contributed by atoms with Crippen molar-refractivity contribution in [1.29, 1.82) is 0 Å². The highest BCUT2D eigenvalue weighted by molar-refractivity contribution is 7.90. The molecule has 0 amide bonds. The minimum absolute atomic E-state index is 0.0752. The van der Waals surface area contributed by atoms with Crippen LogP contribution in [0.25, 0.3) is 0 Å². The molecule has 72 valence electrons. The summed E-state index contributed by atoms with van der Waals surface area (Å²) in [5, 5.41) is 0. The fourth-order valence-electron chi connectivity index (χ4n) is 2.18. The molecule has 2 nitrogen and oxygen atoms in total. The Labute approximate surface area is 75.3 Å². The van der Waals surface area contributed by atoms with Crippen molar-refractivity contribution >= 4 is 9.84 Å². The number of hydrogen-bond acceptors (Lipinski definition) is 2. The quantitative estimate of drug-likeness (QED) is 0.667. The van der Waals surface area contributed by atoms with Gasteiger partial charge in [0.1, 0.15) is 9.84 Å². The molecule has 0 aliphatic heterocycles. The van der Waals surface area contributed by atoms with Gasteiger partial charge in [0, 0.05) is 6.26 Å². The number of sulfone groups is 1. The molecule has 1 rings (SSSR count). The molecule has 0 saturated heterocycles. The lowest BCUT2D eigenvalue weighted by Gasteiger charge is -2.32. The van der Waals surface area contributed by atoms with Gasteiger partial charge in [-0.05, 0) is 18.3 Å². The highest BCUT2D eigenvalue weighted by Gasteiger charge is 2.30. The van der Waals surface area contributed by atoms with E-state index in [4.69, 9.17) is 0 Å². The van der Waals surface area contributed by atoms with Crippen molar-refractivity contribution in [1.82, 2.24) is 0 Å². The molecule has 0 radical (unpaired) electrons. The second kappa shape index (κ2) is 3.36. The van der Waals surface area contributed by atoms with Crippen LogP contribution in [0.2, 0.25) is 0 Å². The zero-order chi connectivity index (χ0) is 9.24. The van der Waals surface area contributed by atoms with E-state index in [1.807, 2.05) is 0 Å². The van der Waals surface area contributed by atoms with Gasteiger partial charge in [-0.25, -0.2) is 8.42 Å². The van der Waals surface area contributed by atoms with E-state index in [0.29, 0.717) is 5.75 Å². The van der Waals surface area contributed by atoms with Crippen LogP contribution in [0.15, 0.2) is 0 Å². The molecule has 1 saturated carbocycles. The van der Waals surface area contributed by atoms with Gasteiger partial charge in [-0.3, -0.25) is 0 Å². The summed E-state index contributed by atoms with van der Waals surface area (Å²) in [7, 11) is -2.78. The van der Waals surface area contributed by atoms with Gasteiger partial charge in [0.25, 0.3) is 0 Å². The van der Waals surface area contributed by atoms with Gasteiger partial charge in [-0.1, -0.05) is 26.2 Å². The van der Waals surface area contributed by atoms with Gasteiger partial charge >= 0.3 is 0 Å². The van der Waals surface area contributed by atoms with E-state index < -0.39 is 9.84 Å². The second-order valence-corrected chi connectivity index (χ2v) is 6.58. The molecule has 1 aliphatic rings. The predicted octanol–water partition coefficient (Wildman–Crippen LogP) is 2.00. The SMILES string of the molecule is CC1(CS(C)(=O)=O)CCCCC1. The third-order valence-electron chi connectivity index (χ3n) is 2.67. The van der Waals surface area contributed by atoms with Gasteiger partial charge in [0.15, 0.2) is 0 Å². The Bertz CT molecular complexity index is 235. The van der Waals surface area contributed by atoms with Crippen molar-refractivity contribution in [2.75, 3.05) is 12.0 Å². The maximum Gasteiger partial charge on any atom is 0.147 e. The maximum absolute atomic E-state index is 11.1. The van der Waals surface area contributed by atoms with Crippen LogP contribution in [-0.4, -0.2) is 20.4 Å². The molecule has 3 heteroatoms. The lowest BCUT2D eigenvalue weighted by atomic mass is 9.77. The van der Waals surface area contributed by atoms with Crippen molar-refractivity contribution in [2.45, 2.75) is 39.0 Å². The van der Waals surface area contributed by atoms with Crippen LogP contribution in [0.5, 0.6) is 0 Å². The van der Waals surface area contributed by atoms with Gasteiger partial charge in [-0.2, -0.15) is 0 Å². The average Bonchev–Trinajstić information content (AvgIpc) is 1.83. The Morgan fingerprint density at radius 1 is 1.17 bits per heavy atom. The molecular formula is C9H18O2S. The van der Waals surface area contributed by atoms with Gasteiger partial charge in [0.2, 0.25) is 0 Å². The van der Waals surface area contributed by atoms with E-state index in [1.54, 1.807) is 0 Å². The highest BCUT2D eigenvalue weighted by atomic mass is 32.2. The molecule has 0 aromatic heterocycles. The van der Waals surface area contributed by atoms with Gasteiger partial charge in [-0.15, -0.1) is 0 Å². The molecular weight excluding hydrogens is 172 g/mol. The molecule has 0 bridgehead atoms. The van der Waals surface area contributed by atoms with Crippen LogP contribution in [0.1, 0.15) is 39.0 Å². The van der Waals surface area contributed by atoms with Crippen LogP contribution >= 0.6 is 0 Å². The minimum atomic E-state index is -2.78. The van der Waals surface area contributed by atoms with Crippen molar-refractivity contribution < 1.29 is 8.42 Å². The first-order chi connectivity index (χ1) is 5.41. The summed E-state index contributed by atoms with van der Waals surface area (Å²) in [6.07, 6.45) is 7.18. The topological polar surface area (TPSA) is 34.1 Å². The van der Waals surface area contributed by atoms with E-state index >= 15 is 0 Å². The van der Waals surface area contributed by atoms with Crippen LogP contribution in [0.3, 0.4) is 0 Å². The molecule has 1 aliphatic carbocycles. The fraction of sp³-hybridized carbons (Fsp3) is 1.00. The van der Waals surface area contributed by atoms with Crippen LogP contribution in [-0.2, 0) is 9.84 Å². The summed E-state index contributed by atoms with van der Waals surface area (Å²) < 4.78 is 22.2. The predicted molar refractivity (Wildman–Crippen MR) is 50.9 cm³/mol. The third kappa shape index (κ3) is 3.13. The van der Waals surface area contributed by atoms with E-state index in [0.717, 1.165) is 12.8 Å². The molecule has 1 fully saturated rings. The summed E-state index contributed by atoms with van der Waals surface area (Å²) in [5.41, 5.74) is 0.0752. The molecule has 0 N–H and O–H groups in total. The number of hydrogen-bond donors (Lipinski definition) is 0. The van der Waals surface area contributed by atoms with Crippen molar-refractivity contribution in [3.8, 4) is 0 Å². The molecule has 0 aromatic rings. The Morgan fingerprint density at radius 2 is 1.67 bits per heavy atom.